The quantitative estimate of drug-likeness (QED) is 0.116. The van der Waals surface area contributed by atoms with Crippen LogP contribution in [0.5, 0.6) is 5.75 Å². The molecule has 1 N–H and O–H groups in total. The summed E-state index contributed by atoms with van der Waals surface area (Å²) in [6.07, 6.45) is -4.61. The van der Waals surface area contributed by atoms with E-state index in [0.29, 0.717) is 33.9 Å². The zero-order valence-corrected chi connectivity index (χ0v) is 27.8. The van der Waals surface area contributed by atoms with E-state index in [1.807, 2.05) is 42.5 Å². The minimum Gasteiger partial charge on any atom is -0.683 e. The second-order valence-electron chi connectivity index (χ2n) is 9.55. The minimum absolute atomic E-state index is 0. The van der Waals surface area contributed by atoms with Crippen LogP contribution in [-0.4, -0.2) is 57.7 Å². The Labute approximate surface area is 268 Å². The molecule has 1 heterocycles. The molecule has 1 unspecified atom stereocenters. The first-order valence-electron chi connectivity index (χ1n) is 12.3. The molecule has 1 aliphatic rings. The molecule has 1 saturated heterocycles. The van der Waals surface area contributed by atoms with Crippen LogP contribution in [0.15, 0.2) is 66.7 Å². The molecule has 3 aromatic rings. The number of aliphatic hydroxyl groups is 1. The van der Waals surface area contributed by atoms with Gasteiger partial charge in [0.1, 0.15) is 0 Å². The molecule has 4 rings (SSSR count). The van der Waals surface area contributed by atoms with E-state index in [4.69, 9.17) is 4.74 Å². The molecule has 1 atom stereocenters. The number of hydrogen-bond donors (Lipinski definition) is 1. The van der Waals surface area contributed by atoms with E-state index >= 15 is 0 Å². The normalized spacial score (nSPS) is 16.7. The molecular weight excluding hydrogens is 868 g/mol. The average molecular weight is 896 g/mol. The van der Waals surface area contributed by atoms with Gasteiger partial charge in [0, 0.05) is 55.3 Å². The van der Waals surface area contributed by atoms with Crippen LogP contribution in [0, 0.1) is 44.3 Å². The number of piperazine rings is 1. The first-order valence-corrected chi connectivity index (χ1v) is 13.4. The van der Waals surface area contributed by atoms with Gasteiger partial charge in [-0.25, -0.2) is 0 Å². The van der Waals surface area contributed by atoms with Crippen molar-refractivity contribution >= 4 is 22.6 Å². The van der Waals surface area contributed by atoms with Gasteiger partial charge < -0.3 is 14.7 Å². The summed E-state index contributed by atoms with van der Waals surface area (Å²) < 4.78 is 68.1. The number of ether oxygens (including phenoxy) is 1. The van der Waals surface area contributed by atoms with Crippen molar-refractivity contribution in [3.63, 3.8) is 0 Å². The first-order chi connectivity index (χ1) is 18.4. The fraction of sp³-hybridized carbons (Fsp3) is 0.345. The maximum atomic E-state index is 13.8. The molecule has 0 aliphatic carbocycles. The molecule has 11 heteroatoms. The molecule has 4 nitrogen and oxygen atoms in total. The second kappa shape index (κ2) is 13.8. The molecule has 0 amide bonds. The van der Waals surface area contributed by atoms with Gasteiger partial charge in [0.05, 0.1) is 0 Å². The van der Waals surface area contributed by atoms with Gasteiger partial charge in [-0.1, -0.05) is 55.0 Å². The largest absolute Gasteiger partial charge is 2.00 e. The predicted molar refractivity (Wildman–Crippen MR) is 147 cm³/mol. The average Bonchev–Trinajstić information content (AvgIpc) is 2.92. The summed E-state index contributed by atoms with van der Waals surface area (Å²) in [5.41, 5.74) is -1.59. The van der Waals surface area contributed by atoms with Crippen LogP contribution >= 0.6 is 22.6 Å². The van der Waals surface area contributed by atoms with Crippen LogP contribution in [0.1, 0.15) is 16.7 Å². The fourth-order valence-electron chi connectivity index (χ4n) is 4.60. The Morgan fingerprint density at radius 3 is 1.82 bits per heavy atom. The van der Waals surface area contributed by atoms with Crippen molar-refractivity contribution in [1.29, 1.82) is 0 Å². The third-order valence-electron chi connectivity index (χ3n) is 7.00. The fourth-order valence-corrected chi connectivity index (χ4v) is 5.22. The van der Waals surface area contributed by atoms with Gasteiger partial charge in [0.25, 0.3) is 5.60 Å². The van der Waals surface area contributed by atoms with Crippen LogP contribution in [0.2, 0.25) is 0 Å². The summed E-state index contributed by atoms with van der Waals surface area (Å²) in [6, 6.07) is 20.9. The van der Waals surface area contributed by atoms with E-state index in [1.54, 1.807) is 0 Å². The monoisotopic (exact) mass is 896 g/mol. The van der Waals surface area contributed by atoms with Crippen molar-refractivity contribution in [2.75, 3.05) is 32.7 Å². The summed E-state index contributed by atoms with van der Waals surface area (Å²) in [5, 5.41) is 9.93. The first kappa shape index (κ1) is 33.3. The van der Waals surface area contributed by atoms with E-state index < -0.39 is 21.3 Å². The third-order valence-corrected chi connectivity index (χ3v) is 7.78. The van der Waals surface area contributed by atoms with Gasteiger partial charge in [-0.15, -0.1) is 12.1 Å². The molecule has 1 fully saturated rings. The van der Waals surface area contributed by atoms with Gasteiger partial charge in [0.15, 0.2) is 0 Å². The number of alkyl halides is 6. The number of rotatable bonds is 9. The number of benzene rings is 3. The van der Waals surface area contributed by atoms with Gasteiger partial charge in [0.2, 0.25) is 0 Å². The van der Waals surface area contributed by atoms with Crippen LogP contribution < -0.4 is 4.74 Å². The maximum absolute atomic E-state index is 13.8. The number of halogens is 6. The van der Waals surface area contributed by atoms with Crippen molar-refractivity contribution in [1.82, 2.24) is 9.80 Å². The molecule has 212 valence electrons. The SMILES string of the molecule is [CH2-]Oc1[c-]cc(CCN2CCN(Cc3ccc(-c4ccc(C(O)(C(F)(F)F)C(F)(F)I)cc4)cc3)CC2)cc1.[U+2]. The van der Waals surface area contributed by atoms with Crippen LogP contribution in [0.4, 0.5) is 22.0 Å². The van der Waals surface area contributed by atoms with E-state index in [0.717, 1.165) is 68.9 Å². The Morgan fingerprint density at radius 1 is 0.825 bits per heavy atom. The van der Waals surface area contributed by atoms with Gasteiger partial charge >= 0.3 is 41.2 Å². The molecule has 0 radical (unpaired) electrons. The Morgan fingerprint density at radius 2 is 1.35 bits per heavy atom. The summed E-state index contributed by atoms with van der Waals surface area (Å²) in [7, 11) is 3.38. The second-order valence-corrected chi connectivity index (χ2v) is 10.9. The molecule has 0 aromatic heterocycles. The van der Waals surface area contributed by atoms with Crippen molar-refractivity contribution in [3.8, 4) is 16.9 Å². The van der Waals surface area contributed by atoms with Gasteiger partial charge in [-0.3, -0.25) is 4.90 Å². The van der Waals surface area contributed by atoms with Crippen molar-refractivity contribution < 1.29 is 62.9 Å². The summed E-state index contributed by atoms with van der Waals surface area (Å²) in [4.78, 5) is 4.81. The molecule has 0 bridgehead atoms. The predicted octanol–water partition coefficient (Wildman–Crippen LogP) is 6.46. The van der Waals surface area contributed by atoms with Crippen LogP contribution in [0.3, 0.4) is 0 Å². The number of nitrogens with zero attached hydrogens (tertiary/aromatic N) is 2. The minimum atomic E-state index is -5.54. The van der Waals surface area contributed by atoms with Gasteiger partial charge in [-0.2, -0.15) is 46.8 Å². The van der Waals surface area contributed by atoms with Gasteiger partial charge in [-0.05, 0) is 34.5 Å². The van der Waals surface area contributed by atoms with Crippen LogP contribution in [0.25, 0.3) is 11.1 Å². The molecular formula is C29H28F5IN2O2U. The van der Waals surface area contributed by atoms with E-state index in [2.05, 4.69) is 23.0 Å². The Kier molecular flexibility index (Phi) is 11.5. The van der Waals surface area contributed by atoms with E-state index in [9.17, 15) is 27.1 Å². The maximum Gasteiger partial charge on any atom is 2.00 e. The molecule has 0 saturated carbocycles. The van der Waals surface area contributed by atoms with Crippen LogP contribution in [-0.2, 0) is 18.6 Å². The summed E-state index contributed by atoms with van der Waals surface area (Å²) in [6.45, 7) is 5.55. The van der Waals surface area contributed by atoms with Crippen molar-refractivity contribution in [2.24, 2.45) is 0 Å². The molecule has 40 heavy (non-hydrogen) atoms. The topological polar surface area (TPSA) is 35.9 Å². The Bertz CT molecular complexity index is 1200. The summed E-state index contributed by atoms with van der Waals surface area (Å²) in [5.74, 6) is 0.621. The number of hydrogen-bond acceptors (Lipinski definition) is 4. The van der Waals surface area contributed by atoms with Crippen molar-refractivity contribution in [2.45, 2.75) is 28.7 Å². The van der Waals surface area contributed by atoms with E-state index in [-0.39, 0.29) is 31.1 Å². The van der Waals surface area contributed by atoms with E-state index in [1.165, 1.54) is 17.7 Å². The zero-order chi connectivity index (χ0) is 28.3. The molecule has 1 aliphatic heterocycles. The zero-order valence-electron chi connectivity index (χ0n) is 21.5. The summed E-state index contributed by atoms with van der Waals surface area (Å²) >= 11 is 0.323. The molecule has 0 spiro atoms. The third kappa shape index (κ3) is 7.78. The Hall–Kier alpha value is -1.23. The molecule has 3 aromatic carbocycles. The Balaban J connectivity index is 0.00000441. The standard InChI is InChI=1S/C29H28F5IN2O2.U/c1-39-26-12-4-21(5-13-26)14-15-36-16-18-37(19-17-36)20-22-2-6-23(7-3-22)24-8-10-25(11-9-24)27(38,28(30,31)32)29(33,34)35;/h2-12,38H,1,14-20H2;/q-2;+2. The van der Waals surface area contributed by atoms with Crippen molar-refractivity contribution in [3.05, 3.63) is 96.6 Å². The smallest absolute Gasteiger partial charge is 0.683 e.